The summed E-state index contributed by atoms with van der Waals surface area (Å²) in [5.41, 5.74) is 2.33. The Hall–Kier alpha value is -0.510. The predicted octanol–water partition coefficient (Wildman–Crippen LogP) is 5.18. The van der Waals surface area contributed by atoms with Crippen molar-refractivity contribution >= 4 is 38.9 Å². The maximum Gasteiger partial charge on any atom is 0.126 e. The number of ether oxygens (including phenoxy) is 1. The lowest BCUT2D eigenvalue weighted by Gasteiger charge is -2.11. The van der Waals surface area contributed by atoms with Crippen molar-refractivity contribution in [1.29, 1.82) is 0 Å². The van der Waals surface area contributed by atoms with Crippen molar-refractivity contribution in [2.24, 2.45) is 0 Å². The van der Waals surface area contributed by atoms with Crippen molar-refractivity contribution in [3.05, 3.63) is 50.7 Å². The maximum absolute atomic E-state index is 5.89. The van der Waals surface area contributed by atoms with Gasteiger partial charge in [0.05, 0.1) is 4.34 Å². The van der Waals surface area contributed by atoms with Crippen molar-refractivity contribution in [2.45, 2.75) is 18.9 Å². The first-order chi connectivity index (χ1) is 8.20. The molecule has 0 aliphatic carbocycles. The quantitative estimate of drug-likeness (QED) is 0.701. The molecule has 4 heteroatoms. The van der Waals surface area contributed by atoms with Crippen molar-refractivity contribution in [1.82, 2.24) is 0 Å². The summed E-state index contributed by atoms with van der Waals surface area (Å²) < 4.78 is 6.68. The number of aryl methyl sites for hydroxylation is 1. The fourth-order valence-corrected chi connectivity index (χ4v) is 3.04. The van der Waals surface area contributed by atoms with E-state index >= 15 is 0 Å². The van der Waals surface area contributed by atoms with Crippen LogP contribution < -0.4 is 4.74 Å². The summed E-state index contributed by atoms with van der Waals surface area (Å²) in [6, 6.07) is 10.1. The van der Waals surface area contributed by atoms with Crippen molar-refractivity contribution in [3.8, 4) is 5.75 Å². The van der Waals surface area contributed by atoms with Gasteiger partial charge in [0.25, 0.3) is 0 Å². The largest absolute Gasteiger partial charge is 0.487 e. The summed E-state index contributed by atoms with van der Waals surface area (Å²) in [5.74, 6) is 0.967. The molecular formula is C13H12BrClOS. The zero-order valence-corrected chi connectivity index (χ0v) is 12.5. The average molecular weight is 332 g/mol. The molecule has 0 atom stereocenters. The molecule has 0 aliphatic heterocycles. The van der Waals surface area contributed by atoms with E-state index in [9.17, 15) is 0 Å². The Kier molecular flexibility index (Phi) is 4.48. The monoisotopic (exact) mass is 330 g/mol. The molecule has 1 aromatic heterocycles. The van der Waals surface area contributed by atoms with Gasteiger partial charge >= 0.3 is 0 Å². The molecule has 90 valence electrons. The number of halogens is 2. The minimum Gasteiger partial charge on any atom is -0.487 e. The second-order valence-electron chi connectivity index (χ2n) is 3.69. The van der Waals surface area contributed by atoms with Crippen LogP contribution in [-0.4, -0.2) is 0 Å². The maximum atomic E-state index is 5.89. The van der Waals surface area contributed by atoms with Crippen molar-refractivity contribution in [2.75, 3.05) is 0 Å². The Morgan fingerprint density at radius 2 is 2.12 bits per heavy atom. The first kappa shape index (κ1) is 12.9. The van der Waals surface area contributed by atoms with Crippen LogP contribution in [0, 0.1) is 6.92 Å². The van der Waals surface area contributed by atoms with E-state index in [1.807, 2.05) is 18.2 Å². The second-order valence-corrected chi connectivity index (χ2v) is 6.05. The fraction of sp³-hybridized carbons (Fsp3) is 0.231. The lowest BCUT2D eigenvalue weighted by Crippen LogP contribution is -1.98. The SMILES string of the molecule is Cc1cccc(CBr)c1OCc1ccc(Cl)s1. The van der Waals surface area contributed by atoms with E-state index in [0.29, 0.717) is 6.61 Å². The molecule has 0 amide bonds. The first-order valence-corrected chi connectivity index (χ1v) is 7.54. The van der Waals surface area contributed by atoms with E-state index in [4.69, 9.17) is 16.3 Å². The Labute approximate surface area is 119 Å². The highest BCUT2D eigenvalue weighted by Crippen LogP contribution is 2.28. The van der Waals surface area contributed by atoms with Crippen LogP contribution in [0.5, 0.6) is 5.75 Å². The lowest BCUT2D eigenvalue weighted by atomic mass is 10.1. The molecule has 0 saturated carbocycles. The predicted molar refractivity (Wildman–Crippen MR) is 77.5 cm³/mol. The standard InChI is InChI=1S/C13H12BrClOS/c1-9-3-2-4-10(7-14)13(9)16-8-11-5-6-12(15)17-11/h2-6H,7-8H2,1H3. The number of thiophene rings is 1. The topological polar surface area (TPSA) is 9.23 Å². The second kappa shape index (κ2) is 5.89. The number of para-hydroxylation sites is 1. The number of benzene rings is 1. The third-order valence-electron chi connectivity index (χ3n) is 2.43. The number of hydrogen-bond acceptors (Lipinski definition) is 2. The molecule has 1 heterocycles. The molecule has 0 N–H and O–H groups in total. The summed E-state index contributed by atoms with van der Waals surface area (Å²) in [6.07, 6.45) is 0. The van der Waals surface area contributed by atoms with Crippen LogP contribution in [-0.2, 0) is 11.9 Å². The van der Waals surface area contributed by atoms with Crippen LogP contribution in [0.15, 0.2) is 30.3 Å². The molecule has 1 aromatic carbocycles. The third-order valence-corrected chi connectivity index (χ3v) is 4.23. The van der Waals surface area contributed by atoms with Gasteiger partial charge in [0, 0.05) is 15.8 Å². The Morgan fingerprint density at radius 1 is 1.29 bits per heavy atom. The van der Waals surface area contributed by atoms with Gasteiger partial charge in [-0.05, 0) is 24.6 Å². The highest BCUT2D eigenvalue weighted by atomic mass is 79.9. The van der Waals surface area contributed by atoms with Gasteiger partial charge in [-0.1, -0.05) is 45.7 Å². The highest BCUT2D eigenvalue weighted by molar-refractivity contribution is 9.08. The van der Waals surface area contributed by atoms with Crippen molar-refractivity contribution < 1.29 is 4.74 Å². The van der Waals surface area contributed by atoms with Crippen molar-refractivity contribution in [3.63, 3.8) is 0 Å². The van der Waals surface area contributed by atoms with E-state index in [1.165, 1.54) is 5.56 Å². The van der Waals surface area contributed by atoms with Crippen LogP contribution in [0.2, 0.25) is 4.34 Å². The third kappa shape index (κ3) is 3.24. The molecule has 0 bridgehead atoms. The smallest absolute Gasteiger partial charge is 0.126 e. The summed E-state index contributed by atoms with van der Waals surface area (Å²) in [4.78, 5) is 1.14. The van der Waals surface area contributed by atoms with Crippen LogP contribution in [0.1, 0.15) is 16.0 Å². The molecule has 17 heavy (non-hydrogen) atoms. The van der Waals surface area contributed by atoms with Gasteiger partial charge in [-0.15, -0.1) is 11.3 Å². The minimum absolute atomic E-state index is 0.572. The number of hydrogen-bond donors (Lipinski definition) is 0. The summed E-state index contributed by atoms with van der Waals surface area (Å²) in [5, 5.41) is 0.801. The molecule has 1 nitrogen and oxygen atoms in total. The summed E-state index contributed by atoms with van der Waals surface area (Å²) in [7, 11) is 0. The number of alkyl halides is 1. The van der Waals surface area contributed by atoms with Crippen LogP contribution in [0.25, 0.3) is 0 Å². The molecule has 0 spiro atoms. The normalized spacial score (nSPS) is 10.5. The number of rotatable bonds is 4. The summed E-state index contributed by atoms with van der Waals surface area (Å²) >= 11 is 10.9. The lowest BCUT2D eigenvalue weighted by molar-refractivity contribution is 0.305. The van der Waals surface area contributed by atoms with Gasteiger partial charge in [0.15, 0.2) is 0 Å². The zero-order chi connectivity index (χ0) is 12.3. The highest BCUT2D eigenvalue weighted by Gasteiger charge is 2.07. The Bertz CT molecular complexity index is 510. The van der Waals surface area contributed by atoms with Gasteiger partial charge in [-0.25, -0.2) is 0 Å². The van der Waals surface area contributed by atoms with Crippen LogP contribution in [0.3, 0.4) is 0 Å². The van der Waals surface area contributed by atoms with E-state index in [1.54, 1.807) is 11.3 Å². The fourth-order valence-electron chi connectivity index (χ4n) is 1.60. The average Bonchev–Trinajstić information content (AvgIpc) is 2.73. The molecule has 0 fully saturated rings. The summed E-state index contributed by atoms with van der Waals surface area (Å²) in [6.45, 7) is 2.63. The molecule has 0 radical (unpaired) electrons. The van der Waals surface area contributed by atoms with Gasteiger partial charge in [-0.3, -0.25) is 0 Å². The van der Waals surface area contributed by atoms with Gasteiger partial charge in [0.2, 0.25) is 0 Å². The first-order valence-electron chi connectivity index (χ1n) is 5.22. The van der Waals surface area contributed by atoms with E-state index < -0.39 is 0 Å². The van der Waals surface area contributed by atoms with E-state index in [-0.39, 0.29) is 0 Å². The Balaban J connectivity index is 2.13. The molecule has 0 unspecified atom stereocenters. The minimum atomic E-state index is 0.572. The van der Waals surface area contributed by atoms with Gasteiger partial charge in [-0.2, -0.15) is 0 Å². The molecule has 0 aliphatic rings. The van der Waals surface area contributed by atoms with Crippen LogP contribution in [0.4, 0.5) is 0 Å². The zero-order valence-electron chi connectivity index (χ0n) is 9.37. The van der Waals surface area contributed by atoms with Crippen LogP contribution >= 0.6 is 38.9 Å². The van der Waals surface area contributed by atoms with E-state index in [2.05, 4.69) is 35.0 Å². The van der Waals surface area contributed by atoms with E-state index in [0.717, 1.165) is 25.9 Å². The van der Waals surface area contributed by atoms with Gasteiger partial charge < -0.3 is 4.74 Å². The van der Waals surface area contributed by atoms with Gasteiger partial charge in [0.1, 0.15) is 12.4 Å². The molecular weight excluding hydrogens is 320 g/mol. The molecule has 2 aromatic rings. The molecule has 0 saturated heterocycles. The molecule has 2 rings (SSSR count). The Morgan fingerprint density at radius 3 is 2.76 bits per heavy atom.